The molecule has 124 valence electrons. The van der Waals surface area contributed by atoms with Gasteiger partial charge in [0.2, 0.25) is 0 Å². The third-order valence-electron chi connectivity index (χ3n) is 6.99. The number of hydrogen-bond acceptors (Lipinski definition) is 0. The van der Waals surface area contributed by atoms with E-state index in [2.05, 4.69) is 91.0 Å². The molecule has 0 radical (unpaired) electrons. The first-order valence-electron chi connectivity index (χ1n) is 9.54. The van der Waals surface area contributed by atoms with Crippen LogP contribution in [0.2, 0.25) is 0 Å². The molecule has 3 aromatic carbocycles. The van der Waals surface area contributed by atoms with Crippen molar-refractivity contribution >= 4 is 0 Å². The molecule has 0 unspecified atom stereocenters. The van der Waals surface area contributed by atoms with Crippen LogP contribution in [0.1, 0.15) is 42.4 Å². The second-order valence-electron chi connectivity index (χ2n) is 7.76. The Bertz CT molecular complexity index is 801. The Kier molecular flexibility index (Phi) is 3.35. The number of fused-ring (bicyclic) bond motifs is 2. The maximum atomic E-state index is 2.37. The monoisotopic (exact) mass is 324 g/mol. The fraction of sp³-hybridized carbons (Fsp3) is 0.280. The molecule has 0 heteroatoms. The summed E-state index contributed by atoms with van der Waals surface area (Å²) in [6.45, 7) is 0. The lowest BCUT2D eigenvalue weighted by molar-refractivity contribution is 0.326. The molecule has 2 bridgehead atoms. The average molecular weight is 324 g/mol. The minimum Gasteiger partial charge on any atom is -0.0622 e. The van der Waals surface area contributed by atoms with Gasteiger partial charge in [0.25, 0.3) is 0 Å². The van der Waals surface area contributed by atoms with Gasteiger partial charge >= 0.3 is 0 Å². The maximum absolute atomic E-state index is 2.37. The predicted octanol–water partition coefficient (Wildman–Crippen LogP) is 6.11. The molecule has 0 atom stereocenters. The van der Waals surface area contributed by atoms with Crippen LogP contribution in [0.3, 0.4) is 0 Å². The summed E-state index contributed by atoms with van der Waals surface area (Å²) in [5.41, 5.74) is 4.87. The standard InChI is InChI=1S/C25H24/c1-4-10-20(11-5-1)24-18-16-23(17-19-24)25(24,21-12-6-2-7-13-21)22-14-8-3-9-15-22/h1-15,23H,16-19H2. The fourth-order valence-electron chi connectivity index (χ4n) is 6.19. The van der Waals surface area contributed by atoms with Crippen LogP contribution in [0.4, 0.5) is 0 Å². The largest absolute Gasteiger partial charge is 0.0622 e. The molecule has 0 spiro atoms. The van der Waals surface area contributed by atoms with Crippen molar-refractivity contribution in [1.29, 1.82) is 0 Å². The molecule has 2 saturated carbocycles. The van der Waals surface area contributed by atoms with Crippen molar-refractivity contribution in [3.05, 3.63) is 108 Å². The highest BCUT2D eigenvalue weighted by Gasteiger charge is 2.65. The van der Waals surface area contributed by atoms with Gasteiger partial charge in [-0.15, -0.1) is 0 Å². The number of rotatable bonds is 3. The first-order valence-corrected chi connectivity index (χ1v) is 9.54. The summed E-state index contributed by atoms with van der Waals surface area (Å²) >= 11 is 0. The lowest BCUT2D eigenvalue weighted by Gasteiger charge is -2.45. The summed E-state index contributed by atoms with van der Waals surface area (Å²) in [5, 5.41) is 0. The lowest BCUT2D eigenvalue weighted by atomic mass is 9.57. The van der Waals surface area contributed by atoms with E-state index in [0.717, 1.165) is 5.92 Å². The van der Waals surface area contributed by atoms with Gasteiger partial charge in [0, 0.05) is 10.8 Å². The predicted molar refractivity (Wildman–Crippen MR) is 104 cm³/mol. The zero-order valence-electron chi connectivity index (χ0n) is 14.6. The SMILES string of the molecule is c1ccc(C23CCC(CC2)C3(c2ccccc2)c2ccccc2)cc1. The van der Waals surface area contributed by atoms with E-state index in [-0.39, 0.29) is 10.8 Å². The van der Waals surface area contributed by atoms with Crippen LogP contribution in [-0.4, -0.2) is 0 Å². The summed E-state index contributed by atoms with van der Waals surface area (Å²) in [4.78, 5) is 0. The molecule has 0 aromatic heterocycles. The van der Waals surface area contributed by atoms with Crippen molar-refractivity contribution in [2.45, 2.75) is 36.5 Å². The van der Waals surface area contributed by atoms with Gasteiger partial charge in [-0.3, -0.25) is 0 Å². The van der Waals surface area contributed by atoms with E-state index in [1.54, 1.807) is 0 Å². The van der Waals surface area contributed by atoms with Crippen LogP contribution in [0.25, 0.3) is 0 Å². The molecule has 0 N–H and O–H groups in total. The summed E-state index contributed by atoms with van der Waals surface area (Å²) in [6, 6.07) is 34.0. The van der Waals surface area contributed by atoms with E-state index in [1.165, 1.54) is 42.4 Å². The average Bonchev–Trinajstić information content (AvgIpc) is 3.22. The molecule has 2 aliphatic rings. The fourth-order valence-corrected chi connectivity index (χ4v) is 6.19. The number of benzene rings is 3. The molecule has 0 nitrogen and oxygen atoms in total. The normalized spacial score (nSPS) is 26.6. The van der Waals surface area contributed by atoms with Crippen molar-refractivity contribution < 1.29 is 0 Å². The van der Waals surface area contributed by atoms with Crippen LogP contribution in [0.15, 0.2) is 91.0 Å². The highest BCUT2D eigenvalue weighted by molar-refractivity contribution is 5.53. The van der Waals surface area contributed by atoms with Gasteiger partial charge in [-0.2, -0.15) is 0 Å². The van der Waals surface area contributed by atoms with Crippen molar-refractivity contribution in [3.8, 4) is 0 Å². The molecule has 0 heterocycles. The molecular weight excluding hydrogens is 300 g/mol. The van der Waals surface area contributed by atoms with Crippen molar-refractivity contribution in [2.24, 2.45) is 5.92 Å². The van der Waals surface area contributed by atoms with Crippen LogP contribution >= 0.6 is 0 Å². The molecule has 25 heavy (non-hydrogen) atoms. The molecule has 2 fully saturated rings. The van der Waals surface area contributed by atoms with Gasteiger partial charge < -0.3 is 0 Å². The van der Waals surface area contributed by atoms with Crippen molar-refractivity contribution in [2.75, 3.05) is 0 Å². The maximum Gasteiger partial charge on any atom is 0.0327 e. The van der Waals surface area contributed by atoms with Crippen LogP contribution < -0.4 is 0 Å². The zero-order chi connectivity index (χ0) is 16.7. The topological polar surface area (TPSA) is 0 Å². The third-order valence-corrected chi connectivity index (χ3v) is 6.99. The van der Waals surface area contributed by atoms with Crippen LogP contribution in [0, 0.1) is 5.92 Å². The van der Waals surface area contributed by atoms with Gasteiger partial charge in [0.1, 0.15) is 0 Å². The van der Waals surface area contributed by atoms with E-state index in [9.17, 15) is 0 Å². The molecule has 0 amide bonds. The van der Waals surface area contributed by atoms with E-state index in [0.29, 0.717) is 0 Å². The molecule has 2 aliphatic carbocycles. The van der Waals surface area contributed by atoms with E-state index < -0.39 is 0 Å². The van der Waals surface area contributed by atoms with Gasteiger partial charge in [0.05, 0.1) is 0 Å². The van der Waals surface area contributed by atoms with Crippen molar-refractivity contribution in [3.63, 3.8) is 0 Å². The highest BCUT2D eigenvalue weighted by atomic mass is 14.7. The Morgan fingerprint density at radius 2 is 0.920 bits per heavy atom. The summed E-state index contributed by atoms with van der Waals surface area (Å²) in [6.07, 6.45) is 5.26. The Labute approximate surface area is 150 Å². The first kappa shape index (κ1) is 15.0. The molecule has 0 aliphatic heterocycles. The molecule has 5 rings (SSSR count). The lowest BCUT2D eigenvalue weighted by Crippen LogP contribution is -2.44. The van der Waals surface area contributed by atoms with Gasteiger partial charge in [0.15, 0.2) is 0 Å². The van der Waals surface area contributed by atoms with Crippen molar-refractivity contribution in [1.82, 2.24) is 0 Å². The van der Waals surface area contributed by atoms with Crippen LogP contribution in [-0.2, 0) is 10.8 Å². The third kappa shape index (κ3) is 1.88. The quantitative estimate of drug-likeness (QED) is 0.545. The second-order valence-corrected chi connectivity index (χ2v) is 7.76. The van der Waals surface area contributed by atoms with Crippen LogP contribution in [0.5, 0.6) is 0 Å². The second kappa shape index (κ2) is 5.59. The highest BCUT2D eigenvalue weighted by Crippen LogP contribution is 2.69. The Hall–Kier alpha value is -2.34. The van der Waals surface area contributed by atoms with E-state index >= 15 is 0 Å². The molecule has 3 aromatic rings. The minimum atomic E-state index is 0.108. The van der Waals surface area contributed by atoms with Gasteiger partial charge in [-0.1, -0.05) is 91.0 Å². The van der Waals surface area contributed by atoms with Gasteiger partial charge in [-0.05, 0) is 48.3 Å². The summed E-state index contributed by atoms with van der Waals surface area (Å²) in [7, 11) is 0. The number of hydrogen-bond donors (Lipinski definition) is 0. The summed E-state index contributed by atoms with van der Waals surface area (Å²) < 4.78 is 0. The molecule has 0 saturated heterocycles. The van der Waals surface area contributed by atoms with Gasteiger partial charge in [-0.25, -0.2) is 0 Å². The first-order chi connectivity index (χ1) is 12.4. The Morgan fingerprint density at radius 3 is 1.36 bits per heavy atom. The Balaban J connectivity index is 1.84. The Morgan fingerprint density at radius 1 is 0.520 bits per heavy atom. The van der Waals surface area contributed by atoms with E-state index in [4.69, 9.17) is 0 Å². The smallest absolute Gasteiger partial charge is 0.0327 e. The molecular formula is C25H24. The summed E-state index contributed by atoms with van der Waals surface area (Å²) in [5.74, 6) is 0.734. The van der Waals surface area contributed by atoms with E-state index in [1.807, 2.05) is 0 Å². The zero-order valence-corrected chi connectivity index (χ0v) is 14.6. The minimum absolute atomic E-state index is 0.108.